The van der Waals surface area contributed by atoms with Crippen LogP contribution >= 0.6 is 12.4 Å². The standard InChI is InChI=1S/C17H22N2O3.ClH/c18-16(12-6-8-22-9-7-12)17(21)19-13-5-4-11-2-1-3-15(20)14(11)10-13;/h4-5,10,12,16H,1-3,6-9,18H2,(H,19,21);1H. The molecule has 6 heteroatoms. The van der Waals surface area contributed by atoms with Crippen LogP contribution in [0.2, 0.25) is 0 Å². The molecule has 3 rings (SSSR count). The van der Waals surface area contributed by atoms with Crippen LogP contribution < -0.4 is 11.1 Å². The van der Waals surface area contributed by atoms with Gasteiger partial charge in [0, 0.05) is 30.9 Å². The molecule has 3 N–H and O–H groups in total. The molecule has 1 aromatic carbocycles. The summed E-state index contributed by atoms with van der Waals surface area (Å²) in [6.07, 6.45) is 4.06. The summed E-state index contributed by atoms with van der Waals surface area (Å²) in [5, 5.41) is 2.85. The van der Waals surface area contributed by atoms with E-state index in [1.54, 1.807) is 6.07 Å². The smallest absolute Gasteiger partial charge is 0.241 e. The SMILES string of the molecule is Cl.NC(C(=O)Nc1ccc2c(c1)C(=O)CCC2)C1CCOCC1. The zero-order valence-electron chi connectivity index (χ0n) is 13.0. The highest BCUT2D eigenvalue weighted by molar-refractivity contribution is 6.01. The summed E-state index contributed by atoms with van der Waals surface area (Å²) in [6.45, 7) is 1.33. The van der Waals surface area contributed by atoms with E-state index in [0.717, 1.165) is 36.8 Å². The van der Waals surface area contributed by atoms with Gasteiger partial charge in [-0.15, -0.1) is 12.4 Å². The maximum Gasteiger partial charge on any atom is 0.241 e. The highest BCUT2D eigenvalue weighted by Crippen LogP contribution is 2.25. The monoisotopic (exact) mass is 338 g/mol. The van der Waals surface area contributed by atoms with Gasteiger partial charge in [0.15, 0.2) is 5.78 Å². The number of halogens is 1. The van der Waals surface area contributed by atoms with Gasteiger partial charge >= 0.3 is 0 Å². The van der Waals surface area contributed by atoms with Crippen molar-refractivity contribution in [2.75, 3.05) is 18.5 Å². The zero-order valence-corrected chi connectivity index (χ0v) is 13.9. The van der Waals surface area contributed by atoms with Crippen LogP contribution in [-0.4, -0.2) is 30.9 Å². The average Bonchev–Trinajstić information content (AvgIpc) is 2.55. The highest BCUT2D eigenvalue weighted by atomic mass is 35.5. The van der Waals surface area contributed by atoms with Crippen LogP contribution in [0.15, 0.2) is 18.2 Å². The minimum atomic E-state index is -0.532. The molecule has 0 radical (unpaired) electrons. The van der Waals surface area contributed by atoms with Gasteiger partial charge < -0.3 is 15.8 Å². The Balaban J connectivity index is 0.00000192. The summed E-state index contributed by atoms with van der Waals surface area (Å²) in [5.74, 6) is 0.134. The Morgan fingerprint density at radius 3 is 2.74 bits per heavy atom. The molecule has 1 aliphatic carbocycles. The lowest BCUT2D eigenvalue weighted by Crippen LogP contribution is -2.44. The van der Waals surface area contributed by atoms with E-state index in [1.165, 1.54) is 0 Å². The van der Waals surface area contributed by atoms with Gasteiger partial charge in [-0.25, -0.2) is 0 Å². The molecule has 1 heterocycles. The van der Waals surface area contributed by atoms with Gasteiger partial charge in [0.2, 0.25) is 5.91 Å². The van der Waals surface area contributed by atoms with Crippen molar-refractivity contribution in [3.05, 3.63) is 29.3 Å². The topological polar surface area (TPSA) is 81.4 Å². The van der Waals surface area contributed by atoms with Crippen molar-refractivity contribution in [2.45, 2.75) is 38.1 Å². The van der Waals surface area contributed by atoms with E-state index >= 15 is 0 Å². The quantitative estimate of drug-likeness (QED) is 0.886. The number of rotatable bonds is 3. The van der Waals surface area contributed by atoms with E-state index in [2.05, 4.69) is 5.32 Å². The lowest BCUT2D eigenvalue weighted by Gasteiger charge is -2.27. The minimum Gasteiger partial charge on any atom is -0.381 e. The van der Waals surface area contributed by atoms with Crippen molar-refractivity contribution < 1.29 is 14.3 Å². The Bertz CT molecular complexity index is 585. The first-order valence-corrected chi connectivity index (χ1v) is 7.95. The Labute approximate surface area is 142 Å². The van der Waals surface area contributed by atoms with Crippen LogP contribution in [0.5, 0.6) is 0 Å². The number of carbonyl (C=O) groups is 2. The van der Waals surface area contributed by atoms with E-state index in [9.17, 15) is 9.59 Å². The predicted octanol–water partition coefficient (Wildman–Crippen LogP) is 2.32. The van der Waals surface area contributed by atoms with Crippen molar-refractivity contribution in [3.63, 3.8) is 0 Å². The maximum atomic E-state index is 12.3. The Kier molecular flexibility index (Phi) is 6.16. The molecule has 0 spiro atoms. The van der Waals surface area contributed by atoms with Gasteiger partial charge in [0.25, 0.3) is 0 Å². The first-order chi connectivity index (χ1) is 10.6. The fourth-order valence-corrected chi connectivity index (χ4v) is 3.22. The molecule has 1 aromatic rings. The van der Waals surface area contributed by atoms with E-state index in [0.29, 0.717) is 25.3 Å². The Hall–Kier alpha value is -1.43. The largest absolute Gasteiger partial charge is 0.381 e. The van der Waals surface area contributed by atoms with Gasteiger partial charge in [-0.1, -0.05) is 6.07 Å². The van der Waals surface area contributed by atoms with Gasteiger partial charge in [0.05, 0.1) is 6.04 Å². The van der Waals surface area contributed by atoms with Crippen LogP contribution in [0, 0.1) is 5.92 Å². The number of anilines is 1. The molecule has 1 aliphatic heterocycles. The van der Waals surface area contributed by atoms with E-state index < -0.39 is 6.04 Å². The Morgan fingerprint density at radius 2 is 2.00 bits per heavy atom. The summed E-state index contributed by atoms with van der Waals surface area (Å²) in [4.78, 5) is 24.3. The number of benzene rings is 1. The molecule has 1 fully saturated rings. The van der Waals surface area contributed by atoms with Gasteiger partial charge in [-0.05, 0) is 49.3 Å². The second-order valence-electron chi connectivity index (χ2n) is 6.11. The van der Waals surface area contributed by atoms with Crippen LogP contribution in [0.1, 0.15) is 41.6 Å². The number of nitrogens with one attached hydrogen (secondary N) is 1. The second kappa shape index (κ2) is 7.90. The van der Waals surface area contributed by atoms with Gasteiger partial charge in [-0.2, -0.15) is 0 Å². The summed E-state index contributed by atoms with van der Waals surface area (Å²) in [5.41, 5.74) is 8.54. The van der Waals surface area contributed by atoms with Crippen LogP contribution in [-0.2, 0) is 16.0 Å². The van der Waals surface area contributed by atoms with Crippen molar-refractivity contribution >= 4 is 29.8 Å². The fraction of sp³-hybridized carbons (Fsp3) is 0.529. The maximum absolute atomic E-state index is 12.3. The van der Waals surface area contributed by atoms with Gasteiger partial charge in [-0.3, -0.25) is 9.59 Å². The Morgan fingerprint density at radius 1 is 1.26 bits per heavy atom. The number of aryl methyl sites for hydroxylation is 1. The number of Topliss-reactive ketones (excluding diaryl/α,β-unsaturated/α-hetero) is 1. The molecule has 5 nitrogen and oxygen atoms in total. The van der Waals surface area contributed by atoms with Crippen LogP contribution in [0.4, 0.5) is 5.69 Å². The fourth-order valence-electron chi connectivity index (χ4n) is 3.22. The lowest BCUT2D eigenvalue weighted by atomic mass is 9.90. The molecule has 1 saturated heterocycles. The predicted molar refractivity (Wildman–Crippen MR) is 91.1 cm³/mol. The third kappa shape index (κ3) is 4.10. The van der Waals surface area contributed by atoms with Crippen molar-refractivity contribution in [1.82, 2.24) is 0 Å². The van der Waals surface area contributed by atoms with Crippen molar-refractivity contribution in [3.8, 4) is 0 Å². The van der Waals surface area contributed by atoms with Gasteiger partial charge in [0.1, 0.15) is 0 Å². The molecule has 0 saturated carbocycles. The molecule has 0 bridgehead atoms. The highest BCUT2D eigenvalue weighted by Gasteiger charge is 2.27. The summed E-state index contributed by atoms with van der Waals surface area (Å²) < 4.78 is 5.30. The normalized spacial score (nSPS) is 19.4. The number of carbonyl (C=O) groups excluding carboxylic acids is 2. The third-order valence-corrected chi connectivity index (χ3v) is 4.60. The molecule has 2 aliphatic rings. The summed E-state index contributed by atoms with van der Waals surface area (Å²) in [6, 6.07) is 5.04. The number of amides is 1. The molecule has 126 valence electrons. The number of hydrogen-bond acceptors (Lipinski definition) is 4. The molecule has 1 atom stereocenters. The first-order valence-electron chi connectivity index (χ1n) is 7.95. The first kappa shape index (κ1) is 17.9. The van der Waals surface area contributed by atoms with E-state index in [1.807, 2.05) is 12.1 Å². The number of nitrogens with two attached hydrogens (primary N) is 1. The molecule has 0 aromatic heterocycles. The lowest BCUT2D eigenvalue weighted by molar-refractivity contribution is -0.119. The second-order valence-corrected chi connectivity index (χ2v) is 6.11. The molecule has 1 amide bonds. The molecule has 1 unspecified atom stereocenters. The van der Waals surface area contributed by atoms with Crippen LogP contribution in [0.25, 0.3) is 0 Å². The number of fused-ring (bicyclic) bond motifs is 1. The molecule has 23 heavy (non-hydrogen) atoms. The molecular weight excluding hydrogens is 316 g/mol. The number of ketones is 1. The van der Waals surface area contributed by atoms with Crippen molar-refractivity contribution in [1.29, 1.82) is 0 Å². The van der Waals surface area contributed by atoms with Crippen LogP contribution in [0.3, 0.4) is 0 Å². The number of ether oxygens (including phenoxy) is 1. The number of hydrogen-bond donors (Lipinski definition) is 2. The minimum absolute atomic E-state index is 0. The summed E-state index contributed by atoms with van der Waals surface area (Å²) in [7, 11) is 0. The van der Waals surface area contributed by atoms with E-state index in [4.69, 9.17) is 10.5 Å². The van der Waals surface area contributed by atoms with E-state index in [-0.39, 0.29) is 30.0 Å². The zero-order chi connectivity index (χ0) is 15.5. The third-order valence-electron chi connectivity index (χ3n) is 4.60. The van der Waals surface area contributed by atoms with Crippen molar-refractivity contribution in [2.24, 2.45) is 11.7 Å². The summed E-state index contributed by atoms with van der Waals surface area (Å²) >= 11 is 0. The average molecular weight is 339 g/mol. The molecular formula is C17H23ClN2O3.